The number of pyridine rings is 1. The Hall–Kier alpha value is -2.66. The minimum Gasteiger partial charge on any atom is -0.371 e. The first kappa shape index (κ1) is 18.4. The third kappa shape index (κ3) is 3.44. The molecule has 148 valence electrons. The summed E-state index contributed by atoms with van der Waals surface area (Å²) in [6.45, 7) is 1.72. The maximum absolute atomic E-state index is 13.8. The zero-order chi connectivity index (χ0) is 20.0. The van der Waals surface area contributed by atoms with E-state index < -0.39 is 0 Å². The van der Waals surface area contributed by atoms with Crippen molar-refractivity contribution < 1.29 is 9.18 Å². The smallest absolute Gasteiger partial charge is 0.228 e. The number of rotatable bonds is 3. The number of piperidine rings is 1. The summed E-state index contributed by atoms with van der Waals surface area (Å²) >= 11 is 5.91. The van der Waals surface area contributed by atoms with E-state index >= 15 is 0 Å². The third-order valence-corrected chi connectivity index (χ3v) is 6.65. The Morgan fingerprint density at radius 1 is 1.14 bits per heavy atom. The lowest BCUT2D eigenvalue weighted by Crippen LogP contribution is -2.36. The van der Waals surface area contributed by atoms with Gasteiger partial charge in [0.2, 0.25) is 5.91 Å². The first-order valence-electron chi connectivity index (χ1n) is 9.90. The van der Waals surface area contributed by atoms with Crippen molar-refractivity contribution in [3.63, 3.8) is 0 Å². The zero-order valence-electron chi connectivity index (χ0n) is 15.9. The second-order valence-electron chi connectivity index (χ2n) is 8.09. The quantitative estimate of drug-likeness (QED) is 0.640. The normalized spacial score (nSPS) is 20.1. The number of halogens is 2. The number of benzene rings is 2. The van der Waals surface area contributed by atoms with Crippen molar-refractivity contribution >= 4 is 39.8 Å². The van der Waals surface area contributed by atoms with Gasteiger partial charge in [-0.05, 0) is 73.2 Å². The topological polar surface area (TPSA) is 45.2 Å². The maximum atomic E-state index is 13.8. The summed E-state index contributed by atoms with van der Waals surface area (Å²) in [5.41, 5.74) is 2.70. The lowest BCUT2D eigenvalue weighted by atomic mass is 9.90. The predicted octanol–water partition coefficient (Wildman–Crippen LogP) is 5.27. The number of hydrogen-bond donors (Lipinski definition) is 1. The van der Waals surface area contributed by atoms with Crippen LogP contribution in [0.1, 0.15) is 19.3 Å². The summed E-state index contributed by atoms with van der Waals surface area (Å²) in [6.07, 6.45) is 4.64. The molecular weight excluding hydrogens is 389 g/mol. The molecule has 2 aromatic carbocycles. The molecule has 6 heteroatoms. The van der Waals surface area contributed by atoms with E-state index in [1.54, 1.807) is 30.5 Å². The van der Waals surface area contributed by atoms with Crippen molar-refractivity contribution in [1.82, 2.24) is 4.98 Å². The molecule has 29 heavy (non-hydrogen) atoms. The molecule has 1 saturated heterocycles. The maximum Gasteiger partial charge on any atom is 0.228 e. The fraction of sp³-hybridized carbons (Fsp3) is 0.304. The van der Waals surface area contributed by atoms with Crippen LogP contribution in [-0.4, -0.2) is 24.0 Å². The highest BCUT2D eigenvalue weighted by atomic mass is 35.5. The molecule has 1 spiro atoms. The second-order valence-corrected chi connectivity index (χ2v) is 8.53. The van der Waals surface area contributed by atoms with Crippen LogP contribution in [-0.2, 0) is 4.79 Å². The number of fused-ring (bicyclic) bond motifs is 1. The van der Waals surface area contributed by atoms with Gasteiger partial charge in [0, 0.05) is 47.0 Å². The van der Waals surface area contributed by atoms with Gasteiger partial charge < -0.3 is 10.2 Å². The highest BCUT2D eigenvalue weighted by molar-refractivity contribution is 6.30. The number of aromatic nitrogens is 1. The second kappa shape index (κ2) is 6.99. The summed E-state index contributed by atoms with van der Waals surface area (Å²) in [6, 6.07) is 13.9. The minimum absolute atomic E-state index is 0.0620. The molecule has 5 rings (SSSR count). The van der Waals surface area contributed by atoms with Crippen molar-refractivity contribution in [2.24, 2.45) is 11.3 Å². The van der Waals surface area contributed by atoms with E-state index in [9.17, 15) is 9.18 Å². The number of hydrogen-bond acceptors (Lipinski definition) is 3. The molecule has 2 heterocycles. The number of carbonyl (C=O) groups excluding carboxylic acids is 1. The van der Waals surface area contributed by atoms with Crippen LogP contribution in [0.5, 0.6) is 0 Å². The lowest BCUT2D eigenvalue weighted by Gasteiger charge is -2.35. The number of nitrogens with zero attached hydrogens (tertiary/aromatic N) is 2. The van der Waals surface area contributed by atoms with Gasteiger partial charge in [-0.2, -0.15) is 0 Å². The van der Waals surface area contributed by atoms with Crippen LogP contribution in [0.3, 0.4) is 0 Å². The van der Waals surface area contributed by atoms with Crippen LogP contribution in [0.15, 0.2) is 54.7 Å². The van der Waals surface area contributed by atoms with E-state index in [2.05, 4.69) is 15.2 Å². The van der Waals surface area contributed by atoms with E-state index in [4.69, 9.17) is 11.6 Å². The number of nitrogens with one attached hydrogen (secondary N) is 1. The SMILES string of the molecule is O=C(Nc1ccc(Cl)cc1)[C@H]1CC12CCN(c1ccnc3ccc(F)cc13)CC2. The largest absolute Gasteiger partial charge is 0.371 e. The highest BCUT2D eigenvalue weighted by Crippen LogP contribution is 2.60. The molecule has 3 aromatic rings. The lowest BCUT2D eigenvalue weighted by molar-refractivity contribution is -0.118. The first-order valence-corrected chi connectivity index (χ1v) is 10.3. The van der Waals surface area contributed by atoms with Gasteiger partial charge in [-0.25, -0.2) is 4.39 Å². The summed E-state index contributed by atoms with van der Waals surface area (Å²) in [7, 11) is 0. The Morgan fingerprint density at radius 2 is 1.90 bits per heavy atom. The Bertz CT molecular complexity index is 1080. The third-order valence-electron chi connectivity index (χ3n) is 6.40. The Morgan fingerprint density at radius 3 is 2.66 bits per heavy atom. The van der Waals surface area contributed by atoms with E-state index in [0.717, 1.165) is 54.6 Å². The molecule has 1 amide bonds. The van der Waals surface area contributed by atoms with Gasteiger partial charge in [-0.15, -0.1) is 0 Å². The van der Waals surface area contributed by atoms with Crippen LogP contribution in [0.2, 0.25) is 5.02 Å². The molecule has 1 saturated carbocycles. The Balaban J connectivity index is 1.26. The molecule has 1 N–H and O–H groups in total. The van der Waals surface area contributed by atoms with Crippen molar-refractivity contribution in [3.8, 4) is 0 Å². The number of carbonyl (C=O) groups is 1. The van der Waals surface area contributed by atoms with Gasteiger partial charge in [-0.1, -0.05) is 11.6 Å². The Labute approximate surface area is 173 Å². The first-order chi connectivity index (χ1) is 14.0. The van der Waals surface area contributed by atoms with Gasteiger partial charge >= 0.3 is 0 Å². The van der Waals surface area contributed by atoms with Crippen molar-refractivity contribution in [1.29, 1.82) is 0 Å². The monoisotopic (exact) mass is 409 g/mol. The molecule has 0 unspecified atom stereocenters. The molecule has 1 aliphatic heterocycles. The van der Waals surface area contributed by atoms with Crippen LogP contribution in [0.4, 0.5) is 15.8 Å². The predicted molar refractivity (Wildman–Crippen MR) is 114 cm³/mol. The van der Waals surface area contributed by atoms with Gasteiger partial charge in [0.15, 0.2) is 0 Å². The highest BCUT2D eigenvalue weighted by Gasteiger charge is 2.58. The van der Waals surface area contributed by atoms with Crippen molar-refractivity contribution in [2.45, 2.75) is 19.3 Å². The molecule has 2 aliphatic rings. The van der Waals surface area contributed by atoms with Crippen LogP contribution in [0, 0.1) is 17.2 Å². The molecule has 0 radical (unpaired) electrons. The molecule has 1 aromatic heterocycles. The summed E-state index contributed by atoms with van der Waals surface area (Å²) < 4.78 is 13.8. The fourth-order valence-electron chi connectivity index (χ4n) is 4.61. The summed E-state index contributed by atoms with van der Waals surface area (Å²) in [4.78, 5) is 19.3. The Kier molecular flexibility index (Phi) is 4.43. The fourth-order valence-corrected chi connectivity index (χ4v) is 4.73. The molecule has 2 fully saturated rings. The number of amides is 1. The van der Waals surface area contributed by atoms with E-state index in [0.29, 0.717) is 5.02 Å². The van der Waals surface area contributed by atoms with Crippen LogP contribution < -0.4 is 10.2 Å². The van der Waals surface area contributed by atoms with Gasteiger partial charge in [0.1, 0.15) is 5.82 Å². The van der Waals surface area contributed by atoms with Gasteiger partial charge in [-0.3, -0.25) is 9.78 Å². The summed E-state index contributed by atoms with van der Waals surface area (Å²) in [5.74, 6) is -0.0921. The van der Waals surface area contributed by atoms with Crippen molar-refractivity contribution in [2.75, 3.05) is 23.3 Å². The van der Waals surface area contributed by atoms with Gasteiger partial charge in [0.05, 0.1) is 5.52 Å². The van der Waals surface area contributed by atoms with Crippen LogP contribution >= 0.6 is 11.6 Å². The summed E-state index contributed by atoms with van der Waals surface area (Å²) in [5, 5.41) is 4.51. The van der Waals surface area contributed by atoms with E-state index in [1.165, 1.54) is 6.07 Å². The van der Waals surface area contributed by atoms with Crippen molar-refractivity contribution in [3.05, 3.63) is 65.6 Å². The molecule has 1 atom stereocenters. The molecular formula is C23H21ClFN3O. The van der Waals surface area contributed by atoms with Gasteiger partial charge in [0.25, 0.3) is 0 Å². The standard InChI is InChI=1S/C23H21ClFN3O/c24-15-1-4-17(5-2-15)27-22(29)19-14-23(19)8-11-28(12-9-23)21-7-10-26-20-6-3-16(25)13-18(20)21/h1-7,10,13,19H,8-9,11-12,14H2,(H,27,29)/t19-/m1/s1. The molecule has 0 bridgehead atoms. The van der Waals surface area contributed by atoms with E-state index in [1.807, 2.05) is 18.2 Å². The average Bonchev–Trinajstić information content (AvgIpc) is 3.43. The van der Waals surface area contributed by atoms with E-state index in [-0.39, 0.29) is 23.1 Å². The van der Waals surface area contributed by atoms with Crippen LogP contribution in [0.25, 0.3) is 10.9 Å². The minimum atomic E-state index is -0.249. The molecule has 1 aliphatic carbocycles. The average molecular weight is 410 g/mol. The number of anilines is 2. The zero-order valence-corrected chi connectivity index (χ0v) is 16.6. The molecule has 4 nitrogen and oxygen atoms in total.